The second-order valence-electron chi connectivity index (χ2n) is 4.69. The Kier molecular flexibility index (Phi) is 3.93. The predicted molar refractivity (Wildman–Crippen MR) is 74.8 cm³/mol. The standard InChI is InChI=1S/C16H13F3O2/c1-10(6-11-7-14(20)9-15(21)8-11)12-2-4-13(5-3-12)16(17,18)19/h2-9,20-21H,1H3/b10-6+. The van der Waals surface area contributed by atoms with Gasteiger partial charge in [-0.05, 0) is 47.9 Å². The molecule has 0 spiro atoms. The molecule has 0 bridgehead atoms. The fraction of sp³-hybridized carbons (Fsp3) is 0.125. The van der Waals surface area contributed by atoms with Crippen molar-refractivity contribution in [1.82, 2.24) is 0 Å². The van der Waals surface area contributed by atoms with Crippen molar-refractivity contribution >= 4 is 11.6 Å². The fourth-order valence-corrected chi connectivity index (χ4v) is 1.96. The van der Waals surface area contributed by atoms with Crippen LogP contribution in [0.1, 0.15) is 23.6 Å². The van der Waals surface area contributed by atoms with Gasteiger partial charge in [-0.1, -0.05) is 18.2 Å². The van der Waals surface area contributed by atoms with E-state index < -0.39 is 11.7 Å². The topological polar surface area (TPSA) is 40.5 Å². The Morgan fingerprint density at radius 1 is 0.952 bits per heavy atom. The summed E-state index contributed by atoms with van der Waals surface area (Å²) in [6, 6.07) is 8.92. The lowest BCUT2D eigenvalue weighted by atomic mass is 10.0. The van der Waals surface area contributed by atoms with Gasteiger partial charge < -0.3 is 10.2 Å². The van der Waals surface area contributed by atoms with Crippen LogP contribution in [0.25, 0.3) is 11.6 Å². The molecule has 0 amide bonds. The van der Waals surface area contributed by atoms with Crippen molar-refractivity contribution in [3.63, 3.8) is 0 Å². The summed E-state index contributed by atoms with van der Waals surface area (Å²) in [6.45, 7) is 1.74. The summed E-state index contributed by atoms with van der Waals surface area (Å²) in [7, 11) is 0. The highest BCUT2D eigenvalue weighted by Gasteiger charge is 2.29. The Balaban J connectivity index is 2.31. The summed E-state index contributed by atoms with van der Waals surface area (Å²) >= 11 is 0. The van der Waals surface area contributed by atoms with Crippen molar-refractivity contribution < 1.29 is 23.4 Å². The lowest BCUT2D eigenvalue weighted by Crippen LogP contribution is -2.04. The molecule has 2 aromatic rings. The van der Waals surface area contributed by atoms with Gasteiger partial charge in [-0.2, -0.15) is 13.2 Å². The lowest BCUT2D eigenvalue weighted by molar-refractivity contribution is -0.137. The van der Waals surface area contributed by atoms with Gasteiger partial charge in [0.2, 0.25) is 0 Å². The molecular formula is C16H13F3O2. The van der Waals surface area contributed by atoms with E-state index in [0.29, 0.717) is 16.7 Å². The van der Waals surface area contributed by atoms with Crippen LogP contribution in [0, 0.1) is 0 Å². The molecule has 2 rings (SSSR count). The van der Waals surface area contributed by atoms with Crippen LogP contribution in [0.5, 0.6) is 11.5 Å². The van der Waals surface area contributed by atoms with E-state index in [4.69, 9.17) is 0 Å². The zero-order valence-electron chi connectivity index (χ0n) is 11.1. The Hall–Kier alpha value is -2.43. The van der Waals surface area contributed by atoms with Crippen LogP contribution in [0.3, 0.4) is 0 Å². The molecule has 0 heterocycles. The summed E-state index contributed by atoms with van der Waals surface area (Å²) < 4.78 is 37.5. The Bertz CT molecular complexity index is 651. The maximum absolute atomic E-state index is 12.5. The second-order valence-corrected chi connectivity index (χ2v) is 4.69. The quantitative estimate of drug-likeness (QED) is 0.790. The number of halogens is 3. The van der Waals surface area contributed by atoms with Crippen LogP contribution in [0.4, 0.5) is 13.2 Å². The molecule has 2 aromatic carbocycles. The first-order valence-electron chi connectivity index (χ1n) is 6.14. The van der Waals surface area contributed by atoms with E-state index in [1.165, 1.54) is 30.3 Å². The summed E-state index contributed by atoms with van der Waals surface area (Å²) in [5, 5.41) is 18.8. The summed E-state index contributed by atoms with van der Waals surface area (Å²) in [5.74, 6) is -0.164. The number of phenols is 2. The summed E-state index contributed by atoms with van der Waals surface area (Å²) in [5.41, 5.74) is 1.21. The SMILES string of the molecule is C/C(=C\c1cc(O)cc(O)c1)c1ccc(C(F)(F)F)cc1. The molecule has 110 valence electrons. The molecule has 0 saturated carbocycles. The highest BCUT2D eigenvalue weighted by Crippen LogP contribution is 2.30. The monoisotopic (exact) mass is 294 g/mol. The van der Waals surface area contributed by atoms with Gasteiger partial charge in [0.1, 0.15) is 11.5 Å². The first kappa shape index (κ1) is 15.0. The third-order valence-electron chi connectivity index (χ3n) is 2.98. The molecule has 0 unspecified atom stereocenters. The number of allylic oxidation sites excluding steroid dienone is 1. The van der Waals surface area contributed by atoms with Crippen molar-refractivity contribution in [2.45, 2.75) is 13.1 Å². The molecule has 2 nitrogen and oxygen atoms in total. The molecule has 2 N–H and O–H groups in total. The first-order valence-corrected chi connectivity index (χ1v) is 6.14. The number of hydrogen-bond donors (Lipinski definition) is 2. The van der Waals surface area contributed by atoms with Crippen molar-refractivity contribution in [3.8, 4) is 11.5 Å². The summed E-state index contributed by atoms with van der Waals surface area (Å²) in [4.78, 5) is 0. The number of phenolic OH excluding ortho intramolecular Hbond substituents is 2. The van der Waals surface area contributed by atoms with Gasteiger partial charge in [0.25, 0.3) is 0 Å². The smallest absolute Gasteiger partial charge is 0.416 e. The average molecular weight is 294 g/mol. The largest absolute Gasteiger partial charge is 0.508 e. The number of alkyl halides is 3. The zero-order valence-corrected chi connectivity index (χ0v) is 11.1. The van der Waals surface area contributed by atoms with E-state index in [2.05, 4.69) is 0 Å². The van der Waals surface area contributed by atoms with E-state index in [1.807, 2.05) is 0 Å². The minimum Gasteiger partial charge on any atom is -0.508 e. The van der Waals surface area contributed by atoms with E-state index in [-0.39, 0.29) is 11.5 Å². The van der Waals surface area contributed by atoms with E-state index in [1.54, 1.807) is 13.0 Å². The van der Waals surface area contributed by atoms with Crippen molar-refractivity contribution in [2.24, 2.45) is 0 Å². The van der Waals surface area contributed by atoms with Gasteiger partial charge in [0, 0.05) is 6.07 Å². The normalized spacial score (nSPS) is 12.5. The van der Waals surface area contributed by atoms with E-state index >= 15 is 0 Å². The Labute approximate surface area is 119 Å². The van der Waals surface area contributed by atoms with Crippen LogP contribution in [-0.4, -0.2) is 10.2 Å². The lowest BCUT2D eigenvalue weighted by Gasteiger charge is -2.08. The number of rotatable bonds is 2. The number of benzene rings is 2. The third-order valence-corrected chi connectivity index (χ3v) is 2.98. The summed E-state index contributed by atoms with van der Waals surface area (Å²) in [6.07, 6.45) is -2.69. The highest BCUT2D eigenvalue weighted by molar-refractivity contribution is 5.80. The molecule has 5 heteroatoms. The Morgan fingerprint density at radius 3 is 1.95 bits per heavy atom. The van der Waals surface area contributed by atoms with Crippen LogP contribution in [0.15, 0.2) is 42.5 Å². The van der Waals surface area contributed by atoms with Crippen molar-refractivity contribution in [2.75, 3.05) is 0 Å². The van der Waals surface area contributed by atoms with Gasteiger partial charge >= 0.3 is 6.18 Å². The predicted octanol–water partition coefficient (Wildman–Crippen LogP) is 4.68. The zero-order chi connectivity index (χ0) is 15.6. The van der Waals surface area contributed by atoms with Gasteiger partial charge in [-0.3, -0.25) is 0 Å². The van der Waals surface area contributed by atoms with Gasteiger partial charge in [0.05, 0.1) is 5.56 Å². The molecule has 0 aromatic heterocycles. The molecule has 0 saturated heterocycles. The van der Waals surface area contributed by atoms with E-state index in [0.717, 1.165) is 12.1 Å². The van der Waals surface area contributed by atoms with Crippen LogP contribution >= 0.6 is 0 Å². The minimum atomic E-state index is -4.35. The van der Waals surface area contributed by atoms with Crippen LogP contribution in [0.2, 0.25) is 0 Å². The molecular weight excluding hydrogens is 281 g/mol. The molecule has 21 heavy (non-hydrogen) atoms. The number of aromatic hydroxyl groups is 2. The average Bonchev–Trinajstić information content (AvgIpc) is 2.36. The maximum Gasteiger partial charge on any atom is 0.416 e. The fourth-order valence-electron chi connectivity index (χ4n) is 1.96. The van der Waals surface area contributed by atoms with Crippen molar-refractivity contribution in [3.05, 3.63) is 59.2 Å². The van der Waals surface area contributed by atoms with Gasteiger partial charge in [-0.25, -0.2) is 0 Å². The molecule has 0 fully saturated rings. The number of hydrogen-bond acceptors (Lipinski definition) is 2. The molecule has 0 atom stereocenters. The molecule has 0 aliphatic rings. The molecule has 0 aliphatic carbocycles. The molecule has 0 aliphatic heterocycles. The minimum absolute atomic E-state index is 0.0820. The second kappa shape index (κ2) is 5.52. The Morgan fingerprint density at radius 2 is 1.48 bits per heavy atom. The van der Waals surface area contributed by atoms with Crippen LogP contribution in [-0.2, 0) is 6.18 Å². The van der Waals surface area contributed by atoms with Gasteiger partial charge in [0.15, 0.2) is 0 Å². The van der Waals surface area contributed by atoms with Crippen LogP contribution < -0.4 is 0 Å². The maximum atomic E-state index is 12.5. The van der Waals surface area contributed by atoms with E-state index in [9.17, 15) is 23.4 Å². The van der Waals surface area contributed by atoms with Gasteiger partial charge in [-0.15, -0.1) is 0 Å². The third kappa shape index (κ3) is 3.78. The van der Waals surface area contributed by atoms with Crippen molar-refractivity contribution in [1.29, 1.82) is 0 Å². The molecule has 0 radical (unpaired) electrons. The highest BCUT2D eigenvalue weighted by atomic mass is 19.4. The first-order chi connectivity index (χ1) is 9.75.